The zero-order chi connectivity index (χ0) is 6.95. The van der Waals surface area contributed by atoms with Gasteiger partial charge in [0.05, 0.1) is 0 Å². The van der Waals surface area contributed by atoms with Crippen molar-refractivity contribution in [3.8, 4) is 0 Å². The van der Waals surface area contributed by atoms with Gasteiger partial charge in [-0.2, -0.15) is 0 Å². The maximum atomic E-state index is 8.39. The Hall–Kier alpha value is 0.686. The zero-order valence-electron chi connectivity index (χ0n) is 8.81. The van der Waals surface area contributed by atoms with E-state index in [0.717, 1.165) is 25.9 Å². The van der Waals surface area contributed by atoms with Gasteiger partial charge in [0, 0.05) is 20.3 Å². The van der Waals surface area contributed by atoms with Gasteiger partial charge in [-0.3, -0.25) is 0 Å². The predicted molar refractivity (Wildman–Crippen MR) is 45.4 cm³/mol. The van der Waals surface area contributed by atoms with E-state index in [-0.39, 0.29) is 25.9 Å². The molecule has 0 aliphatic carbocycles. The molecular formula is C7H18MgO2. The van der Waals surface area contributed by atoms with Gasteiger partial charge in [-0.15, -0.1) is 0 Å². The van der Waals surface area contributed by atoms with Crippen molar-refractivity contribution in [2.75, 3.05) is 20.3 Å². The van der Waals surface area contributed by atoms with Crippen LogP contribution < -0.4 is 0 Å². The first-order chi connectivity index (χ1) is 4.41. The van der Waals surface area contributed by atoms with Gasteiger partial charge >= 0.3 is 23.1 Å². The van der Waals surface area contributed by atoms with E-state index < -0.39 is 0 Å². The number of hydrogen-bond donors (Lipinski definition) is 1. The van der Waals surface area contributed by atoms with Crippen LogP contribution in [0.2, 0.25) is 0 Å². The fraction of sp³-hybridized carbons (Fsp3) is 1.00. The molecule has 0 saturated carbocycles. The number of unbranched alkanes of at least 4 members (excludes halogenated alkanes) is 3. The van der Waals surface area contributed by atoms with Crippen LogP contribution in [0.5, 0.6) is 0 Å². The summed E-state index contributed by atoms with van der Waals surface area (Å²) in [5.41, 5.74) is 0. The Bertz CT molecular complexity index is 52.7. The Morgan fingerprint density at radius 3 is 2.30 bits per heavy atom. The van der Waals surface area contributed by atoms with Crippen molar-refractivity contribution >= 4 is 23.1 Å². The third kappa shape index (κ3) is 11.5. The van der Waals surface area contributed by atoms with Crippen molar-refractivity contribution in [2.24, 2.45) is 0 Å². The van der Waals surface area contributed by atoms with Crippen LogP contribution in [-0.2, 0) is 4.74 Å². The van der Waals surface area contributed by atoms with Gasteiger partial charge < -0.3 is 12.7 Å². The largest absolute Gasteiger partial charge is 2.00 e. The second-order valence-corrected chi connectivity index (χ2v) is 2.13. The number of aliphatic hydroxyl groups is 1. The van der Waals surface area contributed by atoms with E-state index in [1.807, 2.05) is 0 Å². The minimum Gasteiger partial charge on any atom is -1.00 e. The van der Waals surface area contributed by atoms with Gasteiger partial charge in [0.15, 0.2) is 0 Å². The SMILES string of the molecule is COCCCCCCO.[H-].[H-].[Mg+2]. The summed E-state index contributed by atoms with van der Waals surface area (Å²) in [7, 11) is 1.71. The Kier molecular flexibility index (Phi) is 16.4. The van der Waals surface area contributed by atoms with E-state index >= 15 is 0 Å². The summed E-state index contributed by atoms with van der Waals surface area (Å²) in [6.45, 7) is 1.18. The molecule has 60 valence electrons. The van der Waals surface area contributed by atoms with E-state index in [9.17, 15) is 0 Å². The first-order valence-corrected chi connectivity index (χ1v) is 3.51. The second-order valence-electron chi connectivity index (χ2n) is 2.13. The monoisotopic (exact) mass is 158 g/mol. The molecule has 0 atom stereocenters. The van der Waals surface area contributed by atoms with Gasteiger partial charge in [-0.25, -0.2) is 0 Å². The minimum absolute atomic E-state index is 0. The van der Waals surface area contributed by atoms with E-state index in [1.54, 1.807) is 7.11 Å². The fourth-order valence-electron chi connectivity index (χ4n) is 0.712. The molecule has 2 nitrogen and oxygen atoms in total. The molecular weight excluding hydrogens is 140 g/mol. The van der Waals surface area contributed by atoms with Crippen molar-refractivity contribution < 1.29 is 12.7 Å². The summed E-state index contributed by atoms with van der Waals surface area (Å²) in [6, 6.07) is 0. The Morgan fingerprint density at radius 2 is 1.80 bits per heavy atom. The molecule has 0 amide bonds. The average Bonchev–Trinajstić information content (AvgIpc) is 1.89. The Morgan fingerprint density at radius 1 is 1.20 bits per heavy atom. The summed E-state index contributed by atoms with van der Waals surface area (Å²) in [5.74, 6) is 0. The van der Waals surface area contributed by atoms with Crippen molar-refractivity contribution in [3.63, 3.8) is 0 Å². The summed E-state index contributed by atoms with van der Waals surface area (Å²) in [5, 5.41) is 8.39. The molecule has 0 radical (unpaired) electrons. The van der Waals surface area contributed by atoms with Crippen LogP contribution in [0, 0.1) is 0 Å². The third-order valence-electron chi connectivity index (χ3n) is 1.26. The maximum Gasteiger partial charge on any atom is 2.00 e. The molecule has 0 aromatic heterocycles. The predicted octanol–water partition coefficient (Wildman–Crippen LogP) is 1.03. The number of hydrogen-bond acceptors (Lipinski definition) is 2. The molecule has 10 heavy (non-hydrogen) atoms. The number of methoxy groups -OCH3 is 1. The molecule has 0 aliphatic rings. The second kappa shape index (κ2) is 12.4. The van der Waals surface area contributed by atoms with E-state index in [0.29, 0.717) is 6.61 Å². The molecule has 0 fully saturated rings. The first kappa shape index (κ1) is 13.3. The molecule has 1 N–H and O–H groups in total. The van der Waals surface area contributed by atoms with E-state index in [1.165, 1.54) is 6.42 Å². The Balaban J connectivity index is -0.000000107. The maximum absolute atomic E-state index is 8.39. The molecule has 0 rings (SSSR count). The van der Waals surface area contributed by atoms with Gasteiger partial charge in [0.2, 0.25) is 0 Å². The van der Waals surface area contributed by atoms with Gasteiger partial charge in [-0.1, -0.05) is 12.8 Å². The van der Waals surface area contributed by atoms with Crippen molar-refractivity contribution in [3.05, 3.63) is 0 Å². The summed E-state index contributed by atoms with van der Waals surface area (Å²) < 4.78 is 4.86. The van der Waals surface area contributed by atoms with Crippen LogP contribution in [-0.4, -0.2) is 48.5 Å². The fourth-order valence-corrected chi connectivity index (χ4v) is 0.712. The smallest absolute Gasteiger partial charge is 1.00 e. The van der Waals surface area contributed by atoms with Gasteiger partial charge in [0.25, 0.3) is 0 Å². The van der Waals surface area contributed by atoms with Gasteiger partial charge in [-0.05, 0) is 12.8 Å². The third-order valence-corrected chi connectivity index (χ3v) is 1.26. The number of aliphatic hydroxyl groups excluding tert-OH is 1. The van der Waals surface area contributed by atoms with Crippen molar-refractivity contribution in [1.29, 1.82) is 0 Å². The van der Waals surface area contributed by atoms with Crippen LogP contribution >= 0.6 is 0 Å². The van der Waals surface area contributed by atoms with Crippen LogP contribution in [0.3, 0.4) is 0 Å². The molecule has 0 saturated heterocycles. The summed E-state index contributed by atoms with van der Waals surface area (Å²) in [4.78, 5) is 0. The molecule has 0 aliphatic heterocycles. The van der Waals surface area contributed by atoms with Crippen LogP contribution in [0.15, 0.2) is 0 Å². The van der Waals surface area contributed by atoms with Crippen LogP contribution in [0.4, 0.5) is 0 Å². The van der Waals surface area contributed by atoms with Gasteiger partial charge in [0.1, 0.15) is 0 Å². The average molecular weight is 159 g/mol. The molecule has 0 aromatic rings. The molecule has 0 spiro atoms. The topological polar surface area (TPSA) is 29.5 Å². The summed E-state index contributed by atoms with van der Waals surface area (Å²) >= 11 is 0. The van der Waals surface area contributed by atoms with E-state index in [4.69, 9.17) is 9.84 Å². The molecule has 0 heterocycles. The minimum atomic E-state index is 0. The molecule has 0 bridgehead atoms. The molecule has 0 aromatic carbocycles. The normalized spacial score (nSPS) is 9.00. The van der Waals surface area contributed by atoms with Crippen LogP contribution in [0.25, 0.3) is 0 Å². The van der Waals surface area contributed by atoms with Crippen molar-refractivity contribution in [2.45, 2.75) is 25.7 Å². The molecule has 0 unspecified atom stereocenters. The van der Waals surface area contributed by atoms with Crippen molar-refractivity contribution in [1.82, 2.24) is 0 Å². The summed E-state index contributed by atoms with van der Waals surface area (Å²) in [6.07, 6.45) is 4.36. The quantitative estimate of drug-likeness (QED) is 0.462. The molecule has 3 heteroatoms. The Labute approximate surface area is 82.1 Å². The first-order valence-electron chi connectivity index (χ1n) is 3.51. The number of ether oxygens (including phenoxy) is 1. The standard InChI is InChI=1S/C7H16O2.Mg.2H/c1-9-7-5-3-2-4-6-8;;;/h8H,2-7H2,1H3;;;/q;+2;2*-1. The zero-order valence-corrected chi connectivity index (χ0v) is 8.22. The number of rotatable bonds is 6. The van der Waals surface area contributed by atoms with Crippen LogP contribution in [0.1, 0.15) is 28.5 Å². The van der Waals surface area contributed by atoms with E-state index in [2.05, 4.69) is 0 Å².